The molecule has 76 valence electrons. The number of carboxylic acids is 1. The Morgan fingerprint density at radius 1 is 1.54 bits per heavy atom. The number of hydrogen-bond donors (Lipinski definition) is 2. The van der Waals surface area contributed by atoms with Crippen LogP contribution in [0.2, 0.25) is 0 Å². The Kier molecular flexibility index (Phi) is 4.87. The van der Waals surface area contributed by atoms with Crippen molar-refractivity contribution in [3.8, 4) is 0 Å². The summed E-state index contributed by atoms with van der Waals surface area (Å²) in [6, 6.07) is -0.877. The maximum absolute atomic E-state index is 10.8. The number of hydrogen-bond acceptors (Lipinski definition) is 3. The first-order valence-electron chi connectivity index (χ1n) is 4.10. The van der Waals surface area contributed by atoms with Gasteiger partial charge in [-0.2, -0.15) is 0 Å². The van der Waals surface area contributed by atoms with Gasteiger partial charge in [-0.15, -0.1) is 0 Å². The third-order valence-electron chi connectivity index (χ3n) is 1.94. The van der Waals surface area contributed by atoms with E-state index in [1.165, 1.54) is 7.11 Å². The fraction of sp³-hybridized carbons (Fsp3) is 0.750. The van der Waals surface area contributed by atoms with Gasteiger partial charge in [-0.3, -0.25) is 0 Å². The van der Waals surface area contributed by atoms with Gasteiger partial charge >= 0.3 is 12.1 Å². The lowest BCUT2D eigenvalue weighted by molar-refractivity contribution is -0.140. The molecule has 0 aliphatic heterocycles. The molecule has 0 aliphatic carbocycles. The molecule has 0 aromatic rings. The van der Waals surface area contributed by atoms with Crippen LogP contribution in [0.3, 0.4) is 0 Å². The molecule has 1 amide bonds. The standard InChI is InChI=1S/C8H15NO4/c1-4-5(2)6(7(10)11)9-8(12)13-3/h5-6H,4H2,1-3H3,(H,9,12)(H,10,11)/t5-,6?/m1/s1. The zero-order valence-electron chi connectivity index (χ0n) is 8.03. The number of methoxy groups -OCH3 is 1. The first kappa shape index (κ1) is 11.7. The van der Waals surface area contributed by atoms with Crippen LogP contribution in [0, 0.1) is 5.92 Å². The molecule has 0 bridgehead atoms. The van der Waals surface area contributed by atoms with E-state index in [1.54, 1.807) is 6.92 Å². The van der Waals surface area contributed by atoms with E-state index in [2.05, 4.69) is 10.1 Å². The average molecular weight is 189 g/mol. The van der Waals surface area contributed by atoms with Gasteiger partial charge in [0.2, 0.25) is 0 Å². The number of alkyl carbamates (subject to hydrolysis) is 1. The minimum Gasteiger partial charge on any atom is -0.480 e. The highest BCUT2D eigenvalue weighted by Gasteiger charge is 2.25. The first-order chi connectivity index (χ1) is 6.02. The largest absolute Gasteiger partial charge is 0.480 e. The van der Waals surface area contributed by atoms with Crippen molar-refractivity contribution in [1.82, 2.24) is 5.32 Å². The normalized spacial score (nSPS) is 14.4. The van der Waals surface area contributed by atoms with Gasteiger partial charge in [0.05, 0.1) is 7.11 Å². The van der Waals surface area contributed by atoms with E-state index in [0.717, 1.165) is 0 Å². The number of carbonyl (C=O) groups excluding carboxylic acids is 1. The van der Waals surface area contributed by atoms with Gasteiger partial charge in [-0.05, 0) is 5.92 Å². The van der Waals surface area contributed by atoms with Crippen LogP contribution in [-0.2, 0) is 9.53 Å². The molecule has 5 heteroatoms. The summed E-state index contributed by atoms with van der Waals surface area (Å²) in [6.07, 6.45) is -0.0336. The van der Waals surface area contributed by atoms with E-state index in [0.29, 0.717) is 6.42 Å². The average Bonchev–Trinajstić information content (AvgIpc) is 2.11. The number of amides is 1. The molecule has 0 radical (unpaired) electrons. The molecule has 0 fully saturated rings. The van der Waals surface area contributed by atoms with Gasteiger partial charge in [0, 0.05) is 0 Å². The first-order valence-corrected chi connectivity index (χ1v) is 4.10. The smallest absolute Gasteiger partial charge is 0.407 e. The molecule has 13 heavy (non-hydrogen) atoms. The third kappa shape index (κ3) is 3.78. The van der Waals surface area contributed by atoms with Crippen LogP contribution < -0.4 is 5.32 Å². The van der Waals surface area contributed by atoms with Gasteiger partial charge in [0.25, 0.3) is 0 Å². The van der Waals surface area contributed by atoms with E-state index in [-0.39, 0.29) is 5.92 Å². The number of nitrogens with one attached hydrogen (secondary N) is 1. The SMILES string of the molecule is CC[C@@H](C)C(NC(=O)OC)C(=O)O. The molecule has 0 saturated heterocycles. The fourth-order valence-corrected chi connectivity index (χ4v) is 0.869. The molecule has 0 aromatic carbocycles. The van der Waals surface area contributed by atoms with Crippen molar-refractivity contribution >= 4 is 12.1 Å². The summed E-state index contributed by atoms with van der Waals surface area (Å²) >= 11 is 0. The maximum atomic E-state index is 10.8. The van der Waals surface area contributed by atoms with Gasteiger partial charge in [0.1, 0.15) is 6.04 Å². The molecule has 1 unspecified atom stereocenters. The summed E-state index contributed by atoms with van der Waals surface area (Å²) < 4.78 is 4.31. The second kappa shape index (κ2) is 5.40. The van der Waals surface area contributed by atoms with E-state index in [9.17, 15) is 9.59 Å². The summed E-state index contributed by atoms with van der Waals surface area (Å²) in [5, 5.41) is 11.0. The molecule has 5 nitrogen and oxygen atoms in total. The summed E-state index contributed by atoms with van der Waals surface area (Å²) in [7, 11) is 1.20. The molecule has 0 aliphatic rings. The molecule has 0 spiro atoms. The predicted molar refractivity (Wildman–Crippen MR) is 46.4 cm³/mol. The van der Waals surface area contributed by atoms with Gasteiger partial charge in [0.15, 0.2) is 0 Å². The van der Waals surface area contributed by atoms with Crippen molar-refractivity contribution in [2.75, 3.05) is 7.11 Å². The van der Waals surface area contributed by atoms with Crippen molar-refractivity contribution in [1.29, 1.82) is 0 Å². The Bertz CT molecular complexity index is 193. The molecule has 0 saturated carbocycles. The molecule has 0 heterocycles. The Balaban J connectivity index is 4.26. The zero-order valence-corrected chi connectivity index (χ0v) is 8.03. The molecule has 0 rings (SSSR count). The fourth-order valence-electron chi connectivity index (χ4n) is 0.869. The van der Waals surface area contributed by atoms with Crippen molar-refractivity contribution in [2.24, 2.45) is 5.92 Å². The maximum Gasteiger partial charge on any atom is 0.407 e. The third-order valence-corrected chi connectivity index (χ3v) is 1.94. The number of aliphatic carboxylic acids is 1. The minimum atomic E-state index is -1.04. The lowest BCUT2D eigenvalue weighted by Gasteiger charge is -2.18. The minimum absolute atomic E-state index is 0.114. The van der Waals surface area contributed by atoms with Gasteiger partial charge in [-0.25, -0.2) is 9.59 Å². The van der Waals surface area contributed by atoms with Crippen LogP contribution in [0.1, 0.15) is 20.3 Å². The summed E-state index contributed by atoms with van der Waals surface area (Å²) in [6.45, 7) is 3.62. The summed E-state index contributed by atoms with van der Waals surface area (Å²) in [4.78, 5) is 21.4. The Hall–Kier alpha value is -1.26. The second-order valence-corrected chi connectivity index (χ2v) is 2.84. The Labute approximate surface area is 77.1 Å². The monoisotopic (exact) mass is 189 g/mol. The van der Waals surface area contributed by atoms with Crippen molar-refractivity contribution in [2.45, 2.75) is 26.3 Å². The molecule has 2 atom stereocenters. The van der Waals surface area contributed by atoms with E-state index in [4.69, 9.17) is 5.11 Å². The van der Waals surface area contributed by atoms with Crippen molar-refractivity contribution in [3.63, 3.8) is 0 Å². The van der Waals surface area contributed by atoms with Crippen LogP contribution in [0.15, 0.2) is 0 Å². The van der Waals surface area contributed by atoms with Gasteiger partial charge in [-0.1, -0.05) is 20.3 Å². The van der Waals surface area contributed by atoms with Crippen LogP contribution in [-0.4, -0.2) is 30.3 Å². The Morgan fingerprint density at radius 3 is 2.38 bits per heavy atom. The number of carboxylic acid groups (broad SMARTS) is 1. The molecule has 2 N–H and O–H groups in total. The summed E-state index contributed by atoms with van der Waals surface area (Å²) in [5.41, 5.74) is 0. The van der Waals surface area contributed by atoms with E-state index >= 15 is 0 Å². The number of carbonyl (C=O) groups is 2. The number of rotatable bonds is 4. The lowest BCUT2D eigenvalue weighted by atomic mass is 10.00. The molecular formula is C8H15NO4. The van der Waals surface area contributed by atoms with E-state index < -0.39 is 18.1 Å². The molecular weight excluding hydrogens is 174 g/mol. The highest BCUT2D eigenvalue weighted by atomic mass is 16.5. The van der Waals surface area contributed by atoms with Crippen LogP contribution in [0.25, 0.3) is 0 Å². The Morgan fingerprint density at radius 2 is 2.08 bits per heavy atom. The van der Waals surface area contributed by atoms with Crippen LogP contribution in [0.5, 0.6) is 0 Å². The highest BCUT2D eigenvalue weighted by molar-refractivity contribution is 5.80. The zero-order chi connectivity index (χ0) is 10.4. The quantitative estimate of drug-likeness (QED) is 0.687. The predicted octanol–water partition coefficient (Wildman–Crippen LogP) is 0.842. The topological polar surface area (TPSA) is 75.6 Å². The van der Waals surface area contributed by atoms with Gasteiger partial charge < -0.3 is 15.2 Å². The lowest BCUT2D eigenvalue weighted by Crippen LogP contribution is -2.44. The molecule has 0 aromatic heterocycles. The van der Waals surface area contributed by atoms with Crippen LogP contribution >= 0.6 is 0 Å². The summed E-state index contributed by atoms with van der Waals surface area (Å²) in [5.74, 6) is -1.16. The van der Waals surface area contributed by atoms with Crippen molar-refractivity contribution in [3.05, 3.63) is 0 Å². The number of ether oxygens (including phenoxy) is 1. The van der Waals surface area contributed by atoms with E-state index in [1.807, 2.05) is 6.92 Å². The van der Waals surface area contributed by atoms with Crippen molar-refractivity contribution < 1.29 is 19.4 Å². The second-order valence-electron chi connectivity index (χ2n) is 2.84. The van der Waals surface area contributed by atoms with Crippen LogP contribution in [0.4, 0.5) is 4.79 Å². The highest BCUT2D eigenvalue weighted by Crippen LogP contribution is 2.07.